The molecule has 0 saturated carbocycles. The van der Waals surface area contributed by atoms with Gasteiger partial charge in [-0.3, -0.25) is 9.78 Å². The van der Waals surface area contributed by atoms with Crippen molar-refractivity contribution in [3.05, 3.63) is 24.0 Å². The molecule has 2 unspecified atom stereocenters. The fraction of sp³-hybridized carbons (Fsp3) is 0.462. The third kappa shape index (κ3) is 2.52. The second kappa shape index (κ2) is 5.26. The zero-order chi connectivity index (χ0) is 14.0. The predicted molar refractivity (Wildman–Crippen MR) is 71.2 cm³/mol. The fourth-order valence-electron chi connectivity index (χ4n) is 2.31. The number of aromatic nitrogens is 1. The minimum Gasteiger partial charge on any atom is -0.351 e. The maximum Gasteiger partial charge on any atom is 0.315 e. The van der Waals surface area contributed by atoms with Crippen LogP contribution in [0.3, 0.4) is 0 Å². The van der Waals surface area contributed by atoms with E-state index in [0.717, 1.165) is 12.0 Å². The normalized spacial score (nSPS) is 20.2. The van der Waals surface area contributed by atoms with E-state index in [4.69, 9.17) is 5.73 Å². The Morgan fingerprint density at radius 1 is 1.68 bits per heavy atom. The summed E-state index contributed by atoms with van der Waals surface area (Å²) in [5.41, 5.74) is 6.91. The first-order valence-corrected chi connectivity index (χ1v) is 6.34. The number of fused-ring (bicyclic) bond motifs is 1. The summed E-state index contributed by atoms with van der Waals surface area (Å²) >= 11 is 0. The van der Waals surface area contributed by atoms with Crippen molar-refractivity contribution in [2.75, 3.05) is 5.32 Å². The first-order valence-electron chi connectivity index (χ1n) is 6.34. The summed E-state index contributed by atoms with van der Waals surface area (Å²) in [7, 11) is 0. The molecule has 3 amide bonds. The molecule has 102 valence electrons. The SMILES string of the molecule is CCC(C)C1C(=O)Nc2cnccc2CN1C(N)=O. The summed E-state index contributed by atoms with van der Waals surface area (Å²) in [6, 6.07) is 0.657. The number of carbonyl (C=O) groups is 2. The molecule has 1 aliphatic heterocycles. The Balaban J connectivity index is 2.42. The summed E-state index contributed by atoms with van der Waals surface area (Å²) in [6.45, 7) is 4.24. The average molecular weight is 262 g/mol. The van der Waals surface area contributed by atoms with Crippen LogP contribution in [0.25, 0.3) is 0 Å². The van der Waals surface area contributed by atoms with Gasteiger partial charge in [0, 0.05) is 6.20 Å². The number of rotatable bonds is 2. The molecule has 1 aliphatic rings. The Morgan fingerprint density at radius 2 is 2.42 bits per heavy atom. The molecule has 0 spiro atoms. The van der Waals surface area contributed by atoms with Gasteiger partial charge in [0.05, 0.1) is 18.4 Å². The number of hydrogen-bond donors (Lipinski definition) is 2. The number of nitrogens with two attached hydrogens (primary N) is 1. The van der Waals surface area contributed by atoms with Gasteiger partial charge in [-0.1, -0.05) is 20.3 Å². The van der Waals surface area contributed by atoms with Crippen LogP contribution in [0.1, 0.15) is 25.8 Å². The predicted octanol–water partition coefficient (Wildman–Crippen LogP) is 1.33. The highest BCUT2D eigenvalue weighted by atomic mass is 16.2. The lowest BCUT2D eigenvalue weighted by atomic mass is 9.97. The molecule has 6 heteroatoms. The molecule has 0 aromatic carbocycles. The van der Waals surface area contributed by atoms with Crippen LogP contribution in [0.2, 0.25) is 0 Å². The molecule has 2 rings (SSSR count). The van der Waals surface area contributed by atoms with Crippen LogP contribution in [-0.2, 0) is 11.3 Å². The molecule has 0 aliphatic carbocycles. The zero-order valence-corrected chi connectivity index (χ0v) is 11.1. The molecule has 2 heterocycles. The lowest BCUT2D eigenvalue weighted by molar-refractivity contribution is -0.121. The molecule has 3 N–H and O–H groups in total. The molecular weight excluding hydrogens is 244 g/mol. The highest BCUT2D eigenvalue weighted by molar-refractivity contribution is 5.98. The van der Waals surface area contributed by atoms with Gasteiger partial charge in [0.15, 0.2) is 0 Å². The third-order valence-electron chi connectivity index (χ3n) is 3.58. The van der Waals surface area contributed by atoms with Crippen LogP contribution >= 0.6 is 0 Å². The Hall–Kier alpha value is -2.11. The number of urea groups is 1. The van der Waals surface area contributed by atoms with Gasteiger partial charge >= 0.3 is 6.03 Å². The molecular formula is C13H18N4O2. The monoisotopic (exact) mass is 262 g/mol. The second-order valence-corrected chi connectivity index (χ2v) is 4.82. The van der Waals surface area contributed by atoms with Crippen LogP contribution < -0.4 is 11.1 Å². The standard InChI is InChI=1S/C13H18N4O2/c1-3-8(2)11-12(18)16-10-6-15-5-4-9(10)7-17(11)13(14)19/h4-6,8,11H,3,7H2,1-2H3,(H2,14,19)(H,16,18). The van der Waals surface area contributed by atoms with Crippen molar-refractivity contribution < 1.29 is 9.59 Å². The molecule has 2 atom stereocenters. The van der Waals surface area contributed by atoms with Crippen molar-refractivity contribution >= 4 is 17.6 Å². The molecule has 0 saturated heterocycles. The first-order chi connectivity index (χ1) is 9.04. The number of amides is 3. The Bertz CT molecular complexity index is 503. The maximum atomic E-state index is 12.3. The van der Waals surface area contributed by atoms with Gasteiger partial charge in [0.25, 0.3) is 0 Å². The molecule has 0 radical (unpaired) electrons. The number of primary amides is 1. The topological polar surface area (TPSA) is 88.3 Å². The highest BCUT2D eigenvalue weighted by Crippen LogP contribution is 2.26. The number of hydrogen-bond acceptors (Lipinski definition) is 3. The quantitative estimate of drug-likeness (QED) is 0.842. The summed E-state index contributed by atoms with van der Waals surface area (Å²) in [5.74, 6) is -0.172. The van der Waals surface area contributed by atoms with E-state index in [1.54, 1.807) is 18.5 Å². The van der Waals surface area contributed by atoms with Gasteiger partial charge < -0.3 is 16.0 Å². The van der Waals surface area contributed by atoms with E-state index < -0.39 is 12.1 Å². The summed E-state index contributed by atoms with van der Waals surface area (Å²) < 4.78 is 0. The van der Waals surface area contributed by atoms with Crippen molar-refractivity contribution in [2.45, 2.75) is 32.9 Å². The van der Waals surface area contributed by atoms with Gasteiger partial charge in [-0.25, -0.2) is 4.79 Å². The molecule has 0 bridgehead atoms. The molecule has 19 heavy (non-hydrogen) atoms. The third-order valence-corrected chi connectivity index (χ3v) is 3.58. The Labute approximate surface area is 112 Å². The fourth-order valence-corrected chi connectivity index (χ4v) is 2.31. The largest absolute Gasteiger partial charge is 0.351 e. The van der Waals surface area contributed by atoms with Crippen molar-refractivity contribution in [3.63, 3.8) is 0 Å². The van der Waals surface area contributed by atoms with Crippen LogP contribution in [-0.4, -0.2) is 27.9 Å². The van der Waals surface area contributed by atoms with Gasteiger partial charge in [0.1, 0.15) is 6.04 Å². The zero-order valence-electron chi connectivity index (χ0n) is 11.1. The first kappa shape index (κ1) is 13.3. The lowest BCUT2D eigenvalue weighted by Crippen LogP contribution is -2.50. The van der Waals surface area contributed by atoms with E-state index in [9.17, 15) is 9.59 Å². The maximum absolute atomic E-state index is 12.3. The number of anilines is 1. The van der Waals surface area contributed by atoms with Gasteiger partial charge in [-0.05, 0) is 17.5 Å². The summed E-state index contributed by atoms with van der Waals surface area (Å²) in [4.78, 5) is 29.4. The second-order valence-electron chi connectivity index (χ2n) is 4.82. The molecule has 0 fully saturated rings. The minimum atomic E-state index is -0.579. The van der Waals surface area contributed by atoms with E-state index >= 15 is 0 Å². The summed E-state index contributed by atoms with van der Waals surface area (Å²) in [6.07, 6.45) is 4.01. The van der Waals surface area contributed by atoms with Crippen LogP contribution in [0.15, 0.2) is 18.5 Å². The van der Waals surface area contributed by atoms with Crippen LogP contribution in [0.4, 0.5) is 10.5 Å². The average Bonchev–Trinajstić information content (AvgIpc) is 2.53. The smallest absolute Gasteiger partial charge is 0.315 e. The lowest BCUT2D eigenvalue weighted by Gasteiger charge is -2.30. The van der Waals surface area contributed by atoms with Crippen LogP contribution in [0.5, 0.6) is 0 Å². The van der Waals surface area contributed by atoms with Gasteiger partial charge in [-0.15, -0.1) is 0 Å². The van der Waals surface area contributed by atoms with Crippen molar-refractivity contribution in [1.82, 2.24) is 9.88 Å². The van der Waals surface area contributed by atoms with Crippen molar-refractivity contribution in [2.24, 2.45) is 11.7 Å². The van der Waals surface area contributed by atoms with Crippen molar-refractivity contribution in [1.29, 1.82) is 0 Å². The van der Waals surface area contributed by atoms with E-state index in [2.05, 4.69) is 10.3 Å². The summed E-state index contributed by atoms with van der Waals surface area (Å²) in [5, 5.41) is 2.82. The number of pyridine rings is 1. The molecule has 1 aromatic heterocycles. The Morgan fingerprint density at radius 3 is 3.05 bits per heavy atom. The van der Waals surface area contributed by atoms with E-state index in [0.29, 0.717) is 12.2 Å². The van der Waals surface area contributed by atoms with E-state index in [1.807, 2.05) is 13.8 Å². The molecule has 6 nitrogen and oxygen atoms in total. The van der Waals surface area contributed by atoms with Gasteiger partial charge in [-0.2, -0.15) is 0 Å². The van der Waals surface area contributed by atoms with E-state index in [-0.39, 0.29) is 11.8 Å². The molecule has 1 aromatic rings. The number of carbonyl (C=O) groups excluding carboxylic acids is 2. The van der Waals surface area contributed by atoms with E-state index in [1.165, 1.54) is 4.90 Å². The number of nitrogens with one attached hydrogen (secondary N) is 1. The number of nitrogens with zero attached hydrogens (tertiary/aromatic N) is 2. The van der Waals surface area contributed by atoms with Gasteiger partial charge in [0.2, 0.25) is 5.91 Å². The minimum absolute atomic E-state index is 0.0368. The van der Waals surface area contributed by atoms with Crippen molar-refractivity contribution in [3.8, 4) is 0 Å². The Kier molecular flexibility index (Phi) is 3.69. The highest BCUT2D eigenvalue weighted by Gasteiger charge is 2.35. The van der Waals surface area contributed by atoms with Crippen LogP contribution in [0, 0.1) is 5.92 Å².